The van der Waals surface area contributed by atoms with E-state index in [0.29, 0.717) is 19.3 Å². The predicted octanol–water partition coefficient (Wildman–Crippen LogP) is 0.869. The molecule has 7 heavy (non-hydrogen) atoms. The lowest BCUT2D eigenvalue weighted by Crippen LogP contribution is -1.98. The molecule has 0 aromatic rings. The van der Waals surface area contributed by atoms with Gasteiger partial charge in [0.15, 0.2) is 0 Å². The van der Waals surface area contributed by atoms with E-state index in [4.69, 9.17) is 5.11 Å². The van der Waals surface area contributed by atoms with Crippen molar-refractivity contribution in [2.45, 2.75) is 31.5 Å². The lowest BCUT2D eigenvalue weighted by Gasteiger charge is -1.93. The molecule has 1 nitrogen and oxygen atoms in total. The second-order valence-electron chi connectivity index (χ2n) is 2.06. The molecule has 0 bridgehead atoms. The Balaban J connectivity index is 2.26. The number of halogens is 1. The molecule has 2 unspecified atom stereocenters. The van der Waals surface area contributed by atoms with Crippen LogP contribution in [0.2, 0.25) is 0 Å². The van der Waals surface area contributed by atoms with Gasteiger partial charge in [-0.15, -0.1) is 0 Å². The zero-order chi connectivity index (χ0) is 5.28. The first-order valence-corrected chi connectivity index (χ1v) is 2.61. The van der Waals surface area contributed by atoms with Crippen LogP contribution in [0.25, 0.3) is 0 Å². The summed E-state index contributed by atoms with van der Waals surface area (Å²) >= 11 is 0. The molecule has 0 heterocycles. The maximum atomic E-state index is 12.0. The second-order valence-corrected chi connectivity index (χ2v) is 2.06. The molecule has 1 rings (SSSR count). The van der Waals surface area contributed by atoms with Crippen LogP contribution in [0.1, 0.15) is 19.3 Å². The van der Waals surface area contributed by atoms with Crippen molar-refractivity contribution in [3.63, 3.8) is 0 Å². The van der Waals surface area contributed by atoms with Gasteiger partial charge >= 0.3 is 0 Å². The Kier molecular flexibility index (Phi) is 1.28. The van der Waals surface area contributed by atoms with E-state index in [1.54, 1.807) is 0 Å². The number of aliphatic hydroxyl groups excluding tert-OH is 1. The molecule has 1 N–H and O–H groups in total. The number of alkyl halides is 1. The summed E-state index contributed by atoms with van der Waals surface area (Å²) in [7, 11) is 0. The molecule has 2 atom stereocenters. The fourth-order valence-electron chi connectivity index (χ4n) is 0.904. The highest BCUT2D eigenvalue weighted by atomic mass is 19.1. The van der Waals surface area contributed by atoms with E-state index in [-0.39, 0.29) is 6.10 Å². The molecular formula is C5H9FO. The standard InChI is InChI=1S/C5H9FO/c6-4-1-2-5(7)3-4/h4-5,7H,1-3H2. The van der Waals surface area contributed by atoms with Gasteiger partial charge in [0, 0.05) is 6.42 Å². The average molecular weight is 104 g/mol. The maximum Gasteiger partial charge on any atom is 0.103 e. The predicted molar refractivity (Wildman–Crippen MR) is 24.8 cm³/mol. The van der Waals surface area contributed by atoms with Crippen molar-refractivity contribution in [1.29, 1.82) is 0 Å². The smallest absolute Gasteiger partial charge is 0.103 e. The first-order chi connectivity index (χ1) is 3.29. The molecule has 0 spiro atoms. The molecule has 0 saturated heterocycles. The van der Waals surface area contributed by atoms with Crippen LogP contribution in [0.5, 0.6) is 0 Å². The highest BCUT2D eigenvalue weighted by Crippen LogP contribution is 2.20. The van der Waals surface area contributed by atoms with Crippen LogP contribution in [0.15, 0.2) is 0 Å². The summed E-state index contributed by atoms with van der Waals surface area (Å²) in [5.41, 5.74) is 0. The quantitative estimate of drug-likeness (QED) is 0.483. The van der Waals surface area contributed by atoms with Gasteiger partial charge in [-0.1, -0.05) is 0 Å². The molecule has 1 aliphatic rings. The van der Waals surface area contributed by atoms with Crippen LogP contribution < -0.4 is 0 Å². The Bertz CT molecular complexity index is 57.1. The molecule has 1 aliphatic carbocycles. The van der Waals surface area contributed by atoms with Crippen LogP contribution >= 0.6 is 0 Å². The summed E-state index contributed by atoms with van der Waals surface area (Å²) < 4.78 is 12.0. The number of hydrogen-bond acceptors (Lipinski definition) is 1. The Morgan fingerprint density at radius 2 is 2.14 bits per heavy atom. The van der Waals surface area contributed by atoms with Crippen LogP contribution in [0, 0.1) is 0 Å². The SMILES string of the molecule is OC1CCC(F)C1. The average Bonchev–Trinajstić information content (AvgIpc) is 1.87. The third-order valence-corrected chi connectivity index (χ3v) is 1.34. The Hall–Kier alpha value is -0.110. The minimum atomic E-state index is -0.727. The van der Waals surface area contributed by atoms with E-state index in [0.717, 1.165) is 0 Å². The monoisotopic (exact) mass is 104 g/mol. The van der Waals surface area contributed by atoms with Crippen molar-refractivity contribution >= 4 is 0 Å². The molecule has 0 aromatic heterocycles. The zero-order valence-electron chi connectivity index (χ0n) is 4.10. The summed E-state index contributed by atoms with van der Waals surface area (Å²) in [4.78, 5) is 0. The minimum absolute atomic E-state index is 0.352. The van der Waals surface area contributed by atoms with E-state index >= 15 is 0 Å². The molecule has 0 amide bonds. The second kappa shape index (κ2) is 1.78. The van der Waals surface area contributed by atoms with Crippen LogP contribution in [-0.4, -0.2) is 17.4 Å². The third kappa shape index (κ3) is 1.13. The van der Waals surface area contributed by atoms with E-state index in [2.05, 4.69) is 0 Å². The molecule has 0 aromatic carbocycles. The number of aliphatic hydroxyl groups is 1. The first-order valence-electron chi connectivity index (χ1n) is 2.61. The first kappa shape index (κ1) is 5.04. The highest BCUT2D eigenvalue weighted by molar-refractivity contribution is 4.72. The lowest BCUT2D eigenvalue weighted by atomic mass is 10.3. The topological polar surface area (TPSA) is 20.2 Å². The van der Waals surface area contributed by atoms with Crippen molar-refractivity contribution < 1.29 is 9.50 Å². The van der Waals surface area contributed by atoms with Crippen molar-refractivity contribution in [2.75, 3.05) is 0 Å². The van der Waals surface area contributed by atoms with E-state index < -0.39 is 6.17 Å². The molecule has 2 heteroatoms. The van der Waals surface area contributed by atoms with Gasteiger partial charge in [0.25, 0.3) is 0 Å². The summed E-state index contributed by atoms with van der Waals surface area (Å²) in [6.45, 7) is 0. The Morgan fingerprint density at radius 1 is 1.43 bits per heavy atom. The van der Waals surface area contributed by atoms with Crippen molar-refractivity contribution in [2.24, 2.45) is 0 Å². The third-order valence-electron chi connectivity index (χ3n) is 1.34. The van der Waals surface area contributed by atoms with E-state index in [9.17, 15) is 4.39 Å². The number of hydrogen-bond donors (Lipinski definition) is 1. The van der Waals surface area contributed by atoms with Gasteiger partial charge < -0.3 is 5.11 Å². The molecule has 1 fully saturated rings. The lowest BCUT2D eigenvalue weighted by molar-refractivity contribution is 0.171. The van der Waals surface area contributed by atoms with Gasteiger partial charge in [-0.05, 0) is 12.8 Å². The summed E-state index contributed by atoms with van der Waals surface area (Å²) in [5, 5.41) is 8.66. The van der Waals surface area contributed by atoms with Crippen molar-refractivity contribution in [1.82, 2.24) is 0 Å². The van der Waals surface area contributed by atoms with Crippen LogP contribution in [0.3, 0.4) is 0 Å². The van der Waals surface area contributed by atoms with Gasteiger partial charge in [-0.25, -0.2) is 4.39 Å². The Labute approximate surface area is 42.2 Å². The summed E-state index contributed by atoms with van der Waals surface area (Å²) in [6.07, 6.45) is 0.493. The number of rotatable bonds is 0. The molecule has 42 valence electrons. The maximum absolute atomic E-state index is 12.0. The Morgan fingerprint density at radius 3 is 2.29 bits per heavy atom. The van der Waals surface area contributed by atoms with Gasteiger partial charge in [-0.2, -0.15) is 0 Å². The largest absolute Gasteiger partial charge is 0.393 e. The van der Waals surface area contributed by atoms with E-state index in [1.807, 2.05) is 0 Å². The minimum Gasteiger partial charge on any atom is -0.393 e. The van der Waals surface area contributed by atoms with E-state index in [1.165, 1.54) is 0 Å². The van der Waals surface area contributed by atoms with Crippen molar-refractivity contribution in [3.8, 4) is 0 Å². The fraction of sp³-hybridized carbons (Fsp3) is 1.00. The molecule has 0 aliphatic heterocycles. The van der Waals surface area contributed by atoms with Crippen LogP contribution in [-0.2, 0) is 0 Å². The molecular weight excluding hydrogens is 95.1 g/mol. The zero-order valence-corrected chi connectivity index (χ0v) is 4.10. The van der Waals surface area contributed by atoms with Gasteiger partial charge in [-0.3, -0.25) is 0 Å². The molecule has 1 saturated carbocycles. The van der Waals surface area contributed by atoms with Gasteiger partial charge in [0.05, 0.1) is 6.10 Å². The van der Waals surface area contributed by atoms with Crippen molar-refractivity contribution in [3.05, 3.63) is 0 Å². The van der Waals surface area contributed by atoms with Gasteiger partial charge in [0.2, 0.25) is 0 Å². The van der Waals surface area contributed by atoms with Gasteiger partial charge in [0.1, 0.15) is 6.17 Å². The van der Waals surface area contributed by atoms with Crippen LogP contribution in [0.4, 0.5) is 4.39 Å². The summed E-state index contributed by atoms with van der Waals surface area (Å²) in [5.74, 6) is 0. The normalized spacial score (nSPS) is 42.0. The molecule has 0 radical (unpaired) electrons. The fourth-order valence-corrected chi connectivity index (χ4v) is 0.904. The highest BCUT2D eigenvalue weighted by Gasteiger charge is 2.21. The summed E-state index contributed by atoms with van der Waals surface area (Å²) in [6, 6.07) is 0.